The molecule has 1 amide bonds. The Labute approximate surface area is 207 Å². The third kappa shape index (κ3) is 9.91. The molecule has 0 aliphatic carbocycles. The van der Waals surface area contributed by atoms with Gasteiger partial charge in [0.2, 0.25) is 0 Å². The minimum Gasteiger partial charge on any atom is -0.455 e. The van der Waals surface area contributed by atoms with Crippen molar-refractivity contribution in [2.75, 3.05) is 13.2 Å². The van der Waals surface area contributed by atoms with Gasteiger partial charge in [0.25, 0.3) is 0 Å². The van der Waals surface area contributed by atoms with Crippen LogP contribution in [0.2, 0.25) is 0 Å². The Morgan fingerprint density at radius 2 is 1.51 bits per heavy atom. The number of aliphatic hydroxyl groups excluding tert-OH is 1. The molecule has 1 atom stereocenters. The molecule has 7 nitrogen and oxygen atoms in total. The second kappa shape index (κ2) is 14.9. The van der Waals surface area contributed by atoms with Crippen LogP contribution in [0.1, 0.15) is 73.9 Å². The average Bonchev–Trinajstić information content (AvgIpc) is 2.88. The van der Waals surface area contributed by atoms with Gasteiger partial charge >= 0.3 is 12.1 Å². The van der Waals surface area contributed by atoms with E-state index in [1.807, 2.05) is 30.3 Å². The van der Waals surface area contributed by atoms with Gasteiger partial charge in [0, 0.05) is 5.56 Å². The summed E-state index contributed by atoms with van der Waals surface area (Å²) in [6, 6.07) is 16.3. The van der Waals surface area contributed by atoms with E-state index in [0.717, 1.165) is 18.4 Å². The zero-order valence-corrected chi connectivity index (χ0v) is 20.8. The number of aryl methyl sites for hydroxylation is 1. The number of aliphatic hydroxyl groups is 1. The predicted molar refractivity (Wildman–Crippen MR) is 134 cm³/mol. The molecule has 2 aromatic carbocycles. The van der Waals surface area contributed by atoms with Crippen molar-refractivity contribution >= 4 is 17.8 Å². The van der Waals surface area contributed by atoms with Crippen molar-refractivity contribution in [3.8, 4) is 0 Å². The van der Waals surface area contributed by atoms with Crippen LogP contribution in [0.15, 0.2) is 54.6 Å². The summed E-state index contributed by atoms with van der Waals surface area (Å²) in [7, 11) is 0. The molecule has 0 aliphatic rings. The number of ether oxygens (including phenoxy) is 2. The number of hydrogen-bond acceptors (Lipinski definition) is 6. The Morgan fingerprint density at radius 1 is 0.857 bits per heavy atom. The van der Waals surface area contributed by atoms with Crippen LogP contribution in [0, 0.1) is 0 Å². The highest BCUT2D eigenvalue weighted by molar-refractivity contribution is 5.98. The van der Waals surface area contributed by atoms with Crippen LogP contribution in [-0.4, -0.2) is 41.7 Å². The Morgan fingerprint density at radius 3 is 2.17 bits per heavy atom. The third-order valence-corrected chi connectivity index (χ3v) is 5.79. The van der Waals surface area contributed by atoms with E-state index in [9.17, 15) is 19.5 Å². The fourth-order valence-corrected chi connectivity index (χ4v) is 3.48. The van der Waals surface area contributed by atoms with Gasteiger partial charge in [0.05, 0.1) is 6.61 Å². The van der Waals surface area contributed by atoms with Crippen LogP contribution in [-0.2, 0) is 27.3 Å². The Balaban J connectivity index is 1.77. The summed E-state index contributed by atoms with van der Waals surface area (Å²) >= 11 is 0. The van der Waals surface area contributed by atoms with Gasteiger partial charge in [-0.1, -0.05) is 93.6 Å². The van der Waals surface area contributed by atoms with Crippen molar-refractivity contribution in [3.05, 3.63) is 71.3 Å². The number of unbranched alkanes of at least 4 members (excludes halogenated alkanes) is 5. The largest absolute Gasteiger partial charge is 0.455 e. The number of amides is 1. The van der Waals surface area contributed by atoms with Crippen molar-refractivity contribution in [2.45, 2.75) is 70.9 Å². The predicted octanol–water partition coefficient (Wildman–Crippen LogP) is 4.99. The summed E-state index contributed by atoms with van der Waals surface area (Å²) in [5.74, 6) is -1.29. The average molecular weight is 484 g/mol. The zero-order chi connectivity index (χ0) is 25.5. The summed E-state index contributed by atoms with van der Waals surface area (Å²) in [5.41, 5.74) is 0.639. The number of ketones is 1. The lowest BCUT2D eigenvalue weighted by atomic mass is 10.0. The van der Waals surface area contributed by atoms with E-state index in [1.165, 1.54) is 44.6 Å². The van der Waals surface area contributed by atoms with E-state index in [4.69, 9.17) is 9.47 Å². The fourth-order valence-electron chi connectivity index (χ4n) is 3.48. The number of nitrogens with one attached hydrogen (secondary N) is 1. The van der Waals surface area contributed by atoms with E-state index in [-0.39, 0.29) is 12.4 Å². The highest BCUT2D eigenvalue weighted by atomic mass is 16.6. The van der Waals surface area contributed by atoms with Crippen molar-refractivity contribution in [1.82, 2.24) is 5.32 Å². The summed E-state index contributed by atoms with van der Waals surface area (Å²) in [5, 5.41) is 12.0. The number of Topliss-reactive ketones (excluding diaryl/α,β-unsaturated/α-hetero) is 1. The molecule has 0 unspecified atom stereocenters. The number of rotatable bonds is 15. The van der Waals surface area contributed by atoms with Crippen LogP contribution in [0.5, 0.6) is 0 Å². The molecule has 0 radical (unpaired) electrons. The maximum atomic E-state index is 12.5. The summed E-state index contributed by atoms with van der Waals surface area (Å²) < 4.78 is 10.2. The monoisotopic (exact) mass is 483 g/mol. The molecule has 0 saturated heterocycles. The van der Waals surface area contributed by atoms with Crippen LogP contribution in [0.3, 0.4) is 0 Å². The molecule has 2 rings (SSSR count). The van der Waals surface area contributed by atoms with E-state index >= 15 is 0 Å². The maximum Gasteiger partial charge on any atom is 0.408 e. The number of carbonyl (C=O) groups is 3. The van der Waals surface area contributed by atoms with Crippen LogP contribution >= 0.6 is 0 Å². The summed E-state index contributed by atoms with van der Waals surface area (Å²) in [4.78, 5) is 37.1. The van der Waals surface area contributed by atoms with Crippen molar-refractivity contribution < 1.29 is 29.0 Å². The second-order valence-corrected chi connectivity index (χ2v) is 8.89. The van der Waals surface area contributed by atoms with Crippen LogP contribution in [0.25, 0.3) is 0 Å². The first kappa shape index (κ1) is 28.1. The lowest BCUT2D eigenvalue weighted by molar-refractivity contribution is -0.151. The fraction of sp³-hybridized carbons (Fsp3) is 0.464. The lowest BCUT2D eigenvalue weighted by Gasteiger charge is -2.25. The van der Waals surface area contributed by atoms with Crippen LogP contribution in [0.4, 0.5) is 4.79 Å². The molecule has 35 heavy (non-hydrogen) atoms. The van der Waals surface area contributed by atoms with Crippen molar-refractivity contribution in [3.63, 3.8) is 0 Å². The van der Waals surface area contributed by atoms with E-state index < -0.39 is 30.8 Å². The highest BCUT2D eigenvalue weighted by Crippen LogP contribution is 2.13. The molecular formula is C28H37NO6. The Bertz CT molecular complexity index is 928. The molecule has 7 heteroatoms. The van der Waals surface area contributed by atoms with Gasteiger partial charge in [-0.15, -0.1) is 0 Å². The Kier molecular flexibility index (Phi) is 12.0. The molecule has 0 spiro atoms. The number of esters is 1. The molecule has 0 fully saturated rings. The first-order valence-electron chi connectivity index (χ1n) is 12.3. The van der Waals surface area contributed by atoms with Gasteiger partial charge in [-0.05, 0) is 30.9 Å². The molecule has 190 valence electrons. The quantitative estimate of drug-likeness (QED) is 0.210. The number of alkyl carbamates (subject to hydrolysis) is 1. The Hall–Kier alpha value is -3.19. The number of benzene rings is 2. The van der Waals surface area contributed by atoms with Gasteiger partial charge in [-0.2, -0.15) is 0 Å². The van der Waals surface area contributed by atoms with E-state index in [2.05, 4.69) is 12.2 Å². The first-order chi connectivity index (χ1) is 16.9. The van der Waals surface area contributed by atoms with Gasteiger partial charge in [0.1, 0.15) is 6.61 Å². The molecule has 2 aromatic rings. The first-order valence-corrected chi connectivity index (χ1v) is 12.3. The van der Waals surface area contributed by atoms with E-state index in [0.29, 0.717) is 5.56 Å². The standard InChI is InChI=1S/C28H37NO6/c1-3-4-5-6-7-9-12-22-15-17-24(18-16-22)25(31)20-34-26(32)28(2,21-30)29-27(33)35-19-23-13-10-8-11-14-23/h8,10-11,13-18,30H,3-7,9,12,19-21H2,1-2H3,(H,29,33)/t28-/m0/s1. The molecule has 2 N–H and O–H groups in total. The zero-order valence-electron chi connectivity index (χ0n) is 20.8. The lowest BCUT2D eigenvalue weighted by Crippen LogP contribution is -2.56. The molecule has 0 bridgehead atoms. The number of carbonyl (C=O) groups excluding carboxylic acids is 3. The molecular weight excluding hydrogens is 446 g/mol. The third-order valence-electron chi connectivity index (χ3n) is 5.79. The van der Waals surface area contributed by atoms with Crippen molar-refractivity contribution in [1.29, 1.82) is 0 Å². The smallest absolute Gasteiger partial charge is 0.408 e. The minimum atomic E-state index is -1.74. The van der Waals surface area contributed by atoms with Crippen molar-refractivity contribution in [2.24, 2.45) is 0 Å². The topological polar surface area (TPSA) is 102 Å². The van der Waals surface area contributed by atoms with Gasteiger partial charge in [-0.3, -0.25) is 4.79 Å². The van der Waals surface area contributed by atoms with Gasteiger partial charge < -0.3 is 19.9 Å². The second-order valence-electron chi connectivity index (χ2n) is 8.89. The van der Waals surface area contributed by atoms with Crippen LogP contribution < -0.4 is 5.32 Å². The molecule has 0 heterocycles. The van der Waals surface area contributed by atoms with E-state index in [1.54, 1.807) is 24.3 Å². The van der Waals surface area contributed by atoms with Gasteiger partial charge in [-0.25, -0.2) is 9.59 Å². The van der Waals surface area contributed by atoms with Gasteiger partial charge in [0.15, 0.2) is 17.9 Å². The minimum absolute atomic E-state index is 0.0105. The number of hydrogen-bond donors (Lipinski definition) is 2. The normalized spacial score (nSPS) is 12.4. The summed E-state index contributed by atoms with van der Waals surface area (Å²) in [6.45, 7) is 2.31. The molecule has 0 saturated carbocycles. The SMILES string of the molecule is CCCCCCCCc1ccc(C(=O)COC(=O)[C@](C)(CO)NC(=O)OCc2ccccc2)cc1. The highest BCUT2D eigenvalue weighted by Gasteiger charge is 2.37. The molecule has 0 aromatic heterocycles. The maximum absolute atomic E-state index is 12.5. The molecule has 0 aliphatic heterocycles. The summed E-state index contributed by atoms with van der Waals surface area (Å²) in [6.07, 6.45) is 7.47.